The van der Waals surface area contributed by atoms with Gasteiger partial charge in [-0.15, -0.1) is 10.2 Å². The van der Waals surface area contributed by atoms with Crippen molar-refractivity contribution in [1.29, 1.82) is 0 Å². The van der Waals surface area contributed by atoms with Gasteiger partial charge in [-0.25, -0.2) is 0 Å². The fourth-order valence-electron chi connectivity index (χ4n) is 2.84. The number of anilines is 1. The molecule has 0 radical (unpaired) electrons. The maximum Gasteiger partial charge on any atom is 0.234 e. The summed E-state index contributed by atoms with van der Waals surface area (Å²) in [5.41, 5.74) is 0.514. The molecule has 0 fully saturated rings. The summed E-state index contributed by atoms with van der Waals surface area (Å²) in [5.74, 6) is 1.41. The topological polar surface area (TPSA) is 69.0 Å². The summed E-state index contributed by atoms with van der Waals surface area (Å²) in [7, 11) is 0. The minimum atomic E-state index is -0.195. The first-order chi connectivity index (χ1) is 15.4. The summed E-state index contributed by atoms with van der Waals surface area (Å²) in [6, 6.07) is 10.0. The molecule has 0 aliphatic rings. The number of benzene rings is 2. The lowest BCUT2D eigenvalue weighted by Gasteiger charge is -2.10. The van der Waals surface area contributed by atoms with E-state index in [0.29, 0.717) is 56.3 Å². The van der Waals surface area contributed by atoms with Crippen LogP contribution in [0, 0.1) is 0 Å². The normalized spacial score (nSPS) is 10.9. The van der Waals surface area contributed by atoms with Crippen LogP contribution in [0.2, 0.25) is 20.1 Å². The molecule has 0 saturated carbocycles. The zero-order chi connectivity index (χ0) is 23.1. The van der Waals surface area contributed by atoms with Crippen LogP contribution in [-0.4, -0.2) is 33.0 Å². The third-order valence-corrected chi connectivity index (χ3v) is 6.39. The predicted octanol–water partition coefficient (Wildman–Crippen LogP) is 6.65. The van der Waals surface area contributed by atoms with Crippen molar-refractivity contribution in [2.24, 2.45) is 0 Å². The number of carbonyl (C=O) groups is 1. The lowest BCUT2D eigenvalue weighted by Crippen LogP contribution is -2.15. The van der Waals surface area contributed by atoms with Crippen LogP contribution in [0.3, 0.4) is 0 Å². The van der Waals surface area contributed by atoms with Crippen LogP contribution in [0.25, 0.3) is 0 Å². The molecule has 0 atom stereocenters. The first-order valence-corrected chi connectivity index (χ1v) is 12.2. The number of hydrogen-bond donors (Lipinski definition) is 1. The van der Waals surface area contributed by atoms with Gasteiger partial charge < -0.3 is 14.6 Å². The Hall–Kier alpha value is -1.64. The summed E-state index contributed by atoms with van der Waals surface area (Å²) in [6.45, 7) is 3.18. The van der Waals surface area contributed by atoms with Gasteiger partial charge >= 0.3 is 0 Å². The van der Waals surface area contributed by atoms with Crippen molar-refractivity contribution in [3.8, 4) is 5.75 Å². The summed E-state index contributed by atoms with van der Waals surface area (Å²) < 4.78 is 7.71. The highest BCUT2D eigenvalue weighted by Gasteiger charge is 2.14. The molecule has 11 heteroatoms. The Labute approximate surface area is 210 Å². The van der Waals surface area contributed by atoms with Crippen LogP contribution >= 0.6 is 58.2 Å². The zero-order valence-corrected chi connectivity index (χ0v) is 20.9. The molecule has 32 heavy (non-hydrogen) atoms. The van der Waals surface area contributed by atoms with E-state index in [0.717, 1.165) is 12.2 Å². The van der Waals surface area contributed by atoms with Gasteiger partial charge in [-0.3, -0.25) is 4.79 Å². The molecule has 1 aromatic heterocycles. The molecule has 3 rings (SSSR count). The van der Waals surface area contributed by atoms with Crippen LogP contribution in [0.5, 0.6) is 5.75 Å². The fraction of sp³-hybridized carbons (Fsp3) is 0.286. The lowest BCUT2D eigenvalue weighted by molar-refractivity contribution is -0.113. The van der Waals surface area contributed by atoms with Crippen molar-refractivity contribution in [3.05, 3.63) is 62.3 Å². The summed E-state index contributed by atoms with van der Waals surface area (Å²) in [4.78, 5) is 12.3. The number of carbonyl (C=O) groups excluding carboxylic acids is 1. The van der Waals surface area contributed by atoms with Gasteiger partial charge in [0.2, 0.25) is 5.91 Å². The van der Waals surface area contributed by atoms with Gasteiger partial charge in [-0.2, -0.15) is 0 Å². The molecule has 0 unspecified atom stereocenters. The Morgan fingerprint density at radius 2 is 1.78 bits per heavy atom. The second kappa shape index (κ2) is 12.0. The molecule has 1 N–H and O–H groups in total. The van der Waals surface area contributed by atoms with Gasteiger partial charge in [0.1, 0.15) is 11.6 Å². The number of halogens is 4. The first-order valence-electron chi connectivity index (χ1n) is 9.75. The number of ether oxygens (including phenoxy) is 1. The number of amides is 1. The Balaban J connectivity index is 1.50. The van der Waals surface area contributed by atoms with E-state index in [-0.39, 0.29) is 11.7 Å². The number of aromatic nitrogens is 3. The Bertz CT molecular complexity index is 1090. The average Bonchev–Trinajstić information content (AvgIpc) is 3.14. The number of hydrogen-bond acceptors (Lipinski definition) is 5. The molecule has 6 nitrogen and oxygen atoms in total. The van der Waals surface area contributed by atoms with Crippen LogP contribution in [0.1, 0.15) is 19.2 Å². The molecule has 1 amide bonds. The standard InChI is InChI=1S/C21H20Cl4N4O2S/c1-2-29-19(4-3-9-31-18-8-6-14(23)11-16(18)25)27-28-21(29)32-12-20(30)26-17-7-5-13(22)10-15(17)24/h5-8,10-11H,2-4,9,12H2,1H3,(H,26,30). The van der Waals surface area contributed by atoms with Crippen LogP contribution < -0.4 is 10.1 Å². The van der Waals surface area contributed by atoms with Gasteiger partial charge in [-0.05, 0) is 49.7 Å². The Morgan fingerprint density at radius 1 is 1.06 bits per heavy atom. The van der Waals surface area contributed by atoms with Crippen LogP contribution in [0.15, 0.2) is 41.6 Å². The fourth-order valence-corrected chi connectivity index (χ4v) is 4.58. The predicted molar refractivity (Wildman–Crippen MR) is 132 cm³/mol. The zero-order valence-electron chi connectivity index (χ0n) is 17.1. The number of nitrogens with zero attached hydrogens (tertiary/aromatic N) is 3. The quantitative estimate of drug-likeness (QED) is 0.233. The summed E-state index contributed by atoms with van der Waals surface area (Å²) in [6.07, 6.45) is 1.41. The molecular formula is C21H20Cl4N4O2S. The molecule has 0 aliphatic heterocycles. The number of aryl methyl sites for hydroxylation is 1. The van der Waals surface area contributed by atoms with Gasteiger partial charge in [0.05, 0.1) is 28.1 Å². The molecule has 1 heterocycles. The highest BCUT2D eigenvalue weighted by molar-refractivity contribution is 7.99. The third-order valence-electron chi connectivity index (χ3n) is 4.34. The molecular weight excluding hydrogens is 514 g/mol. The van der Waals surface area contributed by atoms with Crippen molar-refractivity contribution < 1.29 is 9.53 Å². The van der Waals surface area contributed by atoms with Gasteiger partial charge in [0.15, 0.2) is 5.16 Å². The van der Waals surface area contributed by atoms with E-state index < -0.39 is 0 Å². The minimum Gasteiger partial charge on any atom is -0.492 e. The highest BCUT2D eigenvalue weighted by Crippen LogP contribution is 2.28. The van der Waals surface area contributed by atoms with E-state index in [9.17, 15) is 4.79 Å². The van der Waals surface area contributed by atoms with E-state index in [4.69, 9.17) is 51.1 Å². The smallest absolute Gasteiger partial charge is 0.234 e. The number of thioether (sulfide) groups is 1. The maximum atomic E-state index is 12.3. The largest absolute Gasteiger partial charge is 0.492 e. The van der Waals surface area contributed by atoms with Gasteiger partial charge in [0.25, 0.3) is 0 Å². The van der Waals surface area contributed by atoms with E-state index in [1.54, 1.807) is 36.4 Å². The van der Waals surface area contributed by atoms with Crippen molar-refractivity contribution in [2.45, 2.75) is 31.5 Å². The molecule has 2 aromatic carbocycles. The van der Waals surface area contributed by atoms with E-state index in [1.807, 2.05) is 11.5 Å². The van der Waals surface area contributed by atoms with E-state index in [2.05, 4.69) is 15.5 Å². The molecule has 3 aromatic rings. The highest BCUT2D eigenvalue weighted by atomic mass is 35.5. The average molecular weight is 534 g/mol. The molecule has 0 bridgehead atoms. The van der Waals surface area contributed by atoms with Crippen LogP contribution in [-0.2, 0) is 17.8 Å². The monoisotopic (exact) mass is 532 g/mol. The van der Waals surface area contributed by atoms with Gasteiger partial charge in [0, 0.05) is 23.0 Å². The van der Waals surface area contributed by atoms with Crippen molar-refractivity contribution >= 4 is 69.8 Å². The van der Waals surface area contributed by atoms with E-state index >= 15 is 0 Å². The number of rotatable bonds is 10. The van der Waals surface area contributed by atoms with Crippen molar-refractivity contribution in [2.75, 3.05) is 17.7 Å². The summed E-state index contributed by atoms with van der Waals surface area (Å²) >= 11 is 25.3. The van der Waals surface area contributed by atoms with E-state index in [1.165, 1.54) is 11.8 Å². The number of nitrogens with one attached hydrogen (secondary N) is 1. The van der Waals surface area contributed by atoms with Gasteiger partial charge in [-0.1, -0.05) is 58.2 Å². The molecule has 0 aliphatic carbocycles. The SMILES string of the molecule is CCn1c(CCCOc2ccc(Cl)cc2Cl)nnc1SCC(=O)Nc1ccc(Cl)cc1Cl. The Kier molecular flexibility index (Phi) is 9.37. The Morgan fingerprint density at radius 3 is 2.47 bits per heavy atom. The third kappa shape index (κ3) is 6.93. The maximum absolute atomic E-state index is 12.3. The molecule has 0 spiro atoms. The van der Waals surface area contributed by atoms with Crippen molar-refractivity contribution in [3.63, 3.8) is 0 Å². The molecule has 0 saturated heterocycles. The second-order valence-corrected chi connectivity index (χ2v) is 9.26. The first kappa shape index (κ1) is 25.0. The van der Waals surface area contributed by atoms with Crippen molar-refractivity contribution in [1.82, 2.24) is 14.8 Å². The van der Waals surface area contributed by atoms with Crippen LogP contribution in [0.4, 0.5) is 5.69 Å². The molecule has 170 valence electrons. The summed E-state index contributed by atoms with van der Waals surface area (Å²) in [5, 5.41) is 13.9. The minimum absolute atomic E-state index is 0.176. The second-order valence-electron chi connectivity index (χ2n) is 6.63. The lowest BCUT2D eigenvalue weighted by atomic mass is 10.3.